The van der Waals surface area contributed by atoms with Gasteiger partial charge in [0, 0.05) is 17.8 Å². The summed E-state index contributed by atoms with van der Waals surface area (Å²) in [5.74, 6) is 0.242. The van der Waals surface area contributed by atoms with Crippen LogP contribution in [0.3, 0.4) is 0 Å². The second kappa shape index (κ2) is 6.71. The molecule has 0 radical (unpaired) electrons. The average Bonchev–Trinajstić information content (AvgIpc) is 2.44. The number of rotatable bonds is 5. The summed E-state index contributed by atoms with van der Waals surface area (Å²) in [5.41, 5.74) is 2.39. The summed E-state index contributed by atoms with van der Waals surface area (Å²) in [6.07, 6.45) is 0. The van der Waals surface area contributed by atoms with Crippen molar-refractivity contribution in [3.63, 3.8) is 0 Å². The van der Waals surface area contributed by atoms with Gasteiger partial charge in [-0.2, -0.15) is 0 Å². The van der Waals surface area contributed by atoms with Crippen LogP contribution in [0.4, 0.5) is 11.4 Å². The number of nitro benzene ring substituents is 1. The summed E-state index contributed by atoms with van der Waals surface area (Å²) < 4.78 is 5.43. The largest absolute Gasteiger partial charge is 0.484 e. The van der Waals surface area contributed by atoms with Gasteiger partial charge < -0.3 is 10.1 Å². The number of non-ortho nitro benzene ring substituents is 1. The minimum atomic E-state index is -0.512. The lowest BCUT2D eigenvalue weighted by Gasteiger charge is -2.09. The molecule has 0 aromatic heterocycles. The summed E-state index contributed by atoms with van der Waals surface area (Å²) in [4.78, 5) is 22.0. The van der Waals surface area contributed by atoms with Gasteiger partial charge in [0.2, 0.25) is 0 Å². The van der Waals surface area contributed by atoms with E-state index in [1.807, 2.05) is 32.0 Å². The number of amides is 1. The third kappa shape index (κ3) is 4.31. The summed E-state index contributed by atoms with van der Waals surface area (Å²) in [6, 6.07) is 11.5. The van der Waals surface area contributed by atoms with Crippen molar-refractivity contribution in [1.82, 2.24) is 0 Å². The van der Waals surface area contributed by atoms with Gasteiger partial charge in [0.1, 0.15) is 5.75 Å². The molecule has 0 unspecified atom stereocenters. The Hall–Kier alpha value is -2.89. The van der Waals surface area contributed by atoms with Crippen LogP contribution in [-0.2, 0) is 4.79 Å². The van der Waals surface area contributed by atoms with E-state index in [1.54, 1.807) is 6.07 Å². The van der Waals surface area contributed by atoms with Gasteiger partial charge in [0.05, 0.1) is 4.92 Å². The van der Waals surface area contributed by atoms with E-state index in [1.165, 1.54) is 18.2 Å². The SMILES string of the molecule is Cc1cc(C)cc(OCC(=O)Nc2cccc([N+](=O)[O-])c2)c1. The van der Waals surface area contributed by atoms with Crippen LogP contribution in [0, 0.1) is 24.0 Å². The van der Waals surface area contributed by atoms with Crippen molar-refractivity contribution in [2.45, 2.75) is 13.8 Å². The molecule has 0 aliphatic rings. The predicted molar refractivity (Wildman–Crippen MR) is 83.1 cm³/mol. The van der Waals surface area contributed by atoms with Crippen molar-refractivity contribution >= 4 is 17.3 Å². The summed E-state index contributed by atoms with van der Waals surface area (Å²) >= 11 is 0. The highest BCUT2D eigenvalue weighted by Crippen LogP contribution is 2.18. The predicted octanol–water partition coefficient (Wildman–Crippen LogP) is 3.23. The number of ether oxygens (including phenoxy) is 1. The Balaban J connectivity index is 1.95. The van der Waals surface area contributed by atoms with E-state index in [0.29, 0.717) is 11.4 Å². The van der Waals surface area contributed by atoms with Crippen LogP contribution in [-0.4, -0.2) is 17.4 Å². The first-order chi connectivity index (χ1) is 10.4. The molecule has 0 saturated heterocycles. The van der Waals surface area contributed by atoms with Crippen molar-refractivity contribution in [3.05, 3.63) is 63.7 Å². The topological polar surface area (TPSA) is 81.5 Å². The molecule has 0 aliphatic carbocycles. The Morgan fingerprint density at radius 3 is 2.50 bits per heavy atom. The Labute approximate surface area is 127 Å². The van der Waals surface area contributed by atoms with Crippen molar-refractivity contribution in [2.24, 2.45) is 0 Å². The first kappa shape index (κ1) is 15.5. The number of hydrogen-bond donors (Lipinski definition) is 1. The zero-order valence-electron chi connectivity index (χ0n) is 12.3. The van der Waals surface area contributed by atoms with Gasteiger partial charge in [-0.05, 0) is 43.2 Å². The molecule has 1 amide bonds. The van der Waals surface area contributed by atoms with E-state index in [9.17, 15) is 14.9 Å². The molecule has 0 aliphatic heterocycles. The zero-order chi connectivity index (χ0) is 16.1. The van der Waals surface area contributed by atoms with Crippen LogP contribution < -0.4 is 10.1 Å². The zero-order valence-corrected chi connectivity index (χ0v) is 12.3. The molecule has 22 heavy (non-hydrogen) atoms. The van der Waals surface area contributed by atoms with E-state index < -0.39 is 4.92 Å². The molecule has 0 saturated carbocycles. The van der Waals surface area contributed by atoms with Gasteiger partial charge >= 0.3 is 0 Å². The van der Waals surface area contributed by atoms with Gasteiger partial charge in [-0.3, -0.25) is 14.9 Å². The van der Waals surface area contributed by atoms with Gasteiger partial charge in [0.15, 0.2) is 6.61 Å². The molecule has 114 valence electrons. The highest BCUT2D eigenvalue weighted by Gasteiger charge is 2.09. The normalized spacial score (nSPS) is 10.1. The molecular formula is C16H16N2O4. The first-order valence-electron chi connectivity index (χ1n) is 6.69. The van der Waals surface area contributed by atoms with E-state index >= 15 is 0 Å². The van der Waals surface area contributed by atoms with Crippen molar-refractivity contribution < 1.29 is 14.5 Å². The maximum atomic E-state index is 11.8. The fourth-order valence-corrected chi connectivity index (χ4v) is 2.06. The molecule has 6 nitrogen and oxygen atoms in total. The van der Waals surface area contributed by atoms with Crippen LogP contribution in [0.5, 0.6) is 5.75 Å². The fraction of sp³-hybridized carbons (Fsp3) is 0.188. The number of nitro groups is 1. The quantitative estimate of drug-likeness (QED) is 0.679. The van der Waals surface area contributed by atoms with Gasteiger partial charge in [-0.25, -0.2) is 0 Å². The van der Waals surface area contributed by atoms with Gasteiger partial charge in [-0.15, -0.1) is 0 Å². The van der Waals surface area contributed by atoms with Gasteiger partial charge in [-0.1, -0.05) is 12.1 Å². The number of nitrogens with one attached hydrogen (secondary N) is 1. The maximum absolute atomic E-state index is 11.8. The third-order valence-electron chi connectivity index (χ3n) is 2.91. The number of benzene rings is 2. The van der Waals surface area contributed by atoms with E-state index in [-0.39, 0.29) is 18.2 Å². The second-order valence-corrected chi connectivity index (χ2v) is 4.97. The number of hydrogen-bond acceptors (Lipinski definition) is 4. The number of nitrogens with zero attached hydrogens (tertiary/aromatic N) is 1. The first-order valence-corrected chi connectivity index (χ1v) is 6.69. The molecule has 0 spiro atoms. The molecule has 0 bridgehead atoms. The van der Waals surface area contributed by atoms with Crippen LogP contribution in [0.25, 0.3) is 0 Å². The molecule has 2 rings (SSSR count). The van der Waals surface area contributed by atoms with Crippen molar-refractivity contribution in [1.29, 1.82) is 0 Å². The molecule has 6 heteroatoms. The number of carbonyl (C=O) groups excluding carboxylic acids is 1. The van der Waals surface area contributed by atoms with Crippen LogP contribution in [0.1, 0.15) is 11.1 Å². The lowest BCUT2D eigenvalue weighted by molar-refractivity contribution is -0.384. The molecule has 2 aromatic rings. The number of carbonyl (C=O) groups is 1. The van der Waals surface area contributed by atoms with Gasteiger partial charge in [0.25, 0.3) is 11.6 Å². The number of aryl methyl sites for hydroxylation is 2. The molecule has 0 heterocycles. The lowest BCUT2D eigenvalue weighted by atomic mass is 10.1. The maximum Gasteiger partial charge on any atom is 0.271 e. The average molecular weight is 300 g/mol. The Morgan fingerprint density at radius 2 is 1.86 bits per heavy atom. The van der Waals surface area contributed by atoms with Crippen molar-refractivity contribution in [3.8, 4) is 5.75 Å². The Morgan fingerprint density at radius 1 is 1.18 bits per heavy atom. The fourth-order valence-electron chi connectivity index (χ4n) is 2.06. The lowest BCUT2D eigenvalue weighted by Crippen LogP contribution is -2.20. The molecule has 0 atom stereocenters. The Bertz CT molecular complexity index is 693. The standard InChI is InChI=1S/C16H16N2O4/c1-11-6-12(2)8-15(7-11)22-10-16(19)17-13-4-3-5-14(9-13)18(20)21/h3-9H,10H2,1-2H3,(H,17,19). The summed E-state index contributed by atoms with van der Waals surface area (Å²) in [6.45, 7) is 3.73. The molecule has 1 N–H and O–H groups in total. The summed E-state index contributed by atoms with van der Waals surface area (Å²) in [5, 5.41) is 13.2. The Kier molecular flexibility index (Phi) is 4.73. The highest BCUT2D eigenvalue weighted by molar-refractivity contribution is 5.92. The van der Waals surface area contributed by atoms with Crippen LogP contribution in [0.15, 0.2) is 42.5 Å². The second-order valence-electron chi connectivity index (χ2n) is 4.97. The smallest absolute Gasteiger partial charge is 0.271 e. The van der Waals surface area contributed by atoms with Crippen LogP contribution >= 0.6 is 0 Å². The minimum Gasteiger partial charge on any atom is -0.484 e. The van der Waals surface area contributed by atoms with E-state index in [0.717, 1.165) is 11.1 Å². The van der Waals surface area contributed by atoms with E-state index in [4.69, 9.17) is 4.74 Å². The molecule has 2 aromatic carbocycles. The monoisotopic (exact) mass is 300 g/mol. The molecular weight excluding hydrogens is 284 g/mol. The molecule has 0 fully saturated rings. The van der Waals surface area contributed by atoms with Crippen LogP contribution in [0.2, 0.25) is 0 Å². The highest BCUT2D eigenvalue weighted by atomic mass is 16.6. The van der Waals surface area contributed by atoms with Crippen molar-refractivity contribution in [2.75, 3.05) is 11.9 Å². The summed E-state index contributed by atoms with van der Waals surface area (Å²) in [7, 11) is 0. The minimum absolute atomic E-state index is 0.0759. The third-order valence-corrected chi connectivity index (χ3v) is 2.91. The number of anilines is 1. The van der Waals surface area contributed by atoms with E-state index in [2.05, 4.69) is 5.32 Å².